The lowest BCUT2D eigenvalue weighted by atomic mass is 10.0. The van der Waals surface area contributed by atoms with E-state index in [4.69, 9.17) is 16.7 Å². The molecule has 1 aromatic carbocycles. The molecule has 0 bridgehead atoms. The number of benzene rings is 1. The van der Waals surface area contributed by atoms with Gasteiger partial charge in [0.1, 0.15) is 0 Å². The van der Waals surface area contributed by atoms with Gasteiger partial charge in [-0.15, -0.1) is 0 Å². The lowest BCUT2D eigenvalue weighted by Crippen LogP contribution is -2.05. The molecule has 1 aromatic rings. The number of carbonyl (C=O) groups is 1. The second kappa shape index (κ2) is 4.33. The van der Waals surface area contributed by atoms with Gasteiger partial charge in [-0.3, -0.25) is 14.9 Å². The predicted octanol–water partition coefficient (Wildman–Crippen LogP) is 2.75. The first-order valence-electron chi connectivity index (χ1n) is 5.17. The number of carboxylic acids is 1. The Bertz CT molecular complexity index is 496. The number of rotatable bonds is 4. The number of halogens is 1. The molecule has 2 rings (SSSR count). The van der Waals surface area contributed by atoms with Crippen molar-refractivity contribution in [2.45, 2.75) is 25.2 Å². The van der Waals surface area contributed by atoms with Crippen molar-refractivity contribution in [1.29, 1.82) is 0 Å². The molecule has 0 spiro atoms. The van der Waals surface area contributed by atoms with E-state index in [0.29, 0.717) is 10.9 Å². The number of nitro benzene ring substituents is 1. The minimum atomic E-state index is -1.09. The van der Waals surface area contributed by atoms with E-state index >= 15 is 0 Å². The Labute approximate surface area is 102 Å². The summed E-state index contributed by atoms with van der Waals surface area (Å²) in [6.45, 7) is 0. The Balaban J connectivity index is 2.47. The highest BCUT2D eigenvalue weighted by Crippen LogP contribution is 2.45. The van der Waals surface area contributed by atoms with Crippen LogP contribution in [0.5, 0.6) is 0 Å². The van der Waals surface area contributed by atoms with Crippen LogP contribution in [0.2, 0.25) is 5.02 Å². The summed E-state index contributed by atoms with van der Waals surface area (Å²) in [7, 11) is 0. The zero-order valence-corrected chi connectivity index (χ0v) is 9.61. The molecule has 1 aliphatic rings. The molecule has 1 fully saturated rings. The lowest BCUT2D eigenvalue weighted by molar-refractivity contribution is -0.385. The summed E-state index contributed by atoms with van der Waals surface area (Å²) in [6.07, 6.45) is 1.65. The second-order valence-electron chi connectivity index (χ2n) is 4.10. The molecular formula is C11H10ClNO4. The van der Waals surface area contributed by atoms with Crippen LogP contribution in [0, 0.1) is 10.1 Å². The first-order chi connectivity index (χ1) is 7.99. The minimum absolute atomic E-state index is 0.216. The van der Waals surface area contributed by atoms with Gasteiger partial charge in [0.05, 0.1) is 16.4 Å². The molecule has 6 heteroatoms. The molecule has 17 heavy (non-hydrogen) atoms. The van der Waals surface area contributed by atoms with Crippen LogP contribution in [-0.4, -0.2) is 16.0 Å². The molecule has 1 saturated carbocycles. The Kier molecular flexibility index (Phi) is 3.02. The highest BCUT2D eigenvalue weighted by molar-refractivity contribution is 6.31. The van der Waals surface area contributed by atoms with Crippen LogP contribution >= 0.6 is 11.6 Å². The van der Waals surface area contributed by atoms with Gasteiger partial charge < -0.3 is 5.11 Å². The van der Waals surface area contributed by atoms with Crippen LogP contribution in [0.1, 0.15) is 29.9 Å². The second-order valence-corrected chi connectivity index (χ2v) is 4.51. The van der Waals surface area contributed by atoms with E-state index in [9.17, 15) is 14.9 Å². The molecule has 1 aliphatic carbocycles. The van der Waals surface area contributed by atoms with Crippen molar-refractivity contribution in [1.82, 2.24) is 0 Å². The van der Waals surface area contributed by atoms with Crippen molar-refractivity contribution in [3.05, 3.63) is 38.4 Å². The summed E-state index contributed by atoms with van der Waals surface area (Å²) in [5, 5.41) is 19.9. The summed E-state index contributed by atoms with van der Waals surface area (Å²) < 4.78 is 0. The zero-order valence-electron chi connectivity index (χ0n) is 8.85. The number of nitro groups is 1. The average molecular weight is 256 g/mol. The number of nitrogens with zero attached hydrogens (tertiary/aromatic N) is 1. The summed E-state index contributed by atoms with van der Waals surface area (Å²) in [6, 6.07) is 2.82. The fourth-order valence-corrected chi connectivity index (χ4v) is 2.12. The molecule has 0 atom stereocenters. The summed E-state index contributed by atoms with van der Waals surface area (Å²) in [5.41, 5.74) is 0.823. The highest BCUT2D eigenvalue weighted by Gasteiger charge is 2.29. The largest absolute Gasteiger partial charge is 0.481 e. The molecule has 0 unspecified atom stereocenters. The molecule has 0 aliphatic heterocycles. The number of aliphatic carboxylic acids is 1. The van der Waals surface area contributed by atoms with Crippen molar-refractivity contribution in [2.24, 2.45) is 0 Å². The standard InChI is InChI=1S/C11H10ClNO4/c12-9-5-10(13(16)17)7(4-11(14)15)3-8(9)6-1-2-6/h3,5-6H,1-2,4H2,(H,14,15). The zero-order chi connectivity index (χ0) is 12.6. The Morgan fingerprint density at radius 3 is 2.65 bits per heavy atom. The van der Waals surface area contributed by atoms with Crippen LogP contribution < -0.4 is 0 Å². The van der Waals surface area contributed by atoms with E-state index in [1.54, 1.807) is 6.07 Å². The highest BCUT2D eigenvalue weighted by atomic mass is 35.5. The van der Waals surface area contributed by atoms with Crippen molar-refractivity contribution < 1.29 is 14.8 Å². The number of hydrogen-bond donors (Lipinski definition) is 1. The van der Waals surface area contributed by atoms with Crippen LogP contribution in [0.15, 0.2) is 12.1 Å². The summed E-state index contributed by atoms with van der Waals surface area (Å²) >= 11 is 5.97. The molecule has 5 nitrogen and oxygen atoms in total. The predicted molar refractivity (Wildman–Crippen MR) is 61.4 cm³/mol. The molecule has 0 saturated heterocycles. The van der Waals surface area contributed by atoms with Crippen molar-refractivity contribution >= 4 is 23.3 Å². The van der Waals surface area contributed by atoms with Crippen LogP contribution in [0.3, 0.4) is 0 Å². The van der Waals surface area contributed by atoms with Gasteiger partial charge in [0.25, 0.3) is 5.69 Å². The molecule has 0 heterocycles. The smallest absolute Gasteiger partial charge is 0.308 e. The normalized spacial score (nSPS) is 14.6. The summed E-state index contributed by atoms with van der Waals surface area (Å²) in [4.78, 5) is 20.9. The molecular weight excluding hydrogens is 246 g/mol. The Hall–Kier alpha value is -1.62. The third-order valence-electron chi connectivity index (χ3n) is 2.75. The maximum absolute atomic E-state index is 10.8. The van der Waals surface area contributed by atoms with Crippen molar-refractivity contribution in [2.75, 3.05) is 0 Å². The van der Waals surface area contributed by atoms with Gasteiger partial charge in [-0.1, -0.05) is 11.6 Å². The van der Waals surface area contributed by atoms with E-state index in [2.05, 4.69) is 0 Å². The average Bonchev–Trinajstić information content (AvgIpc) is 3.02. The third-order valence-corrected chi connectivity index (χ3v) is 3.08. The maximum Gasteiger partial charge on any atom is 0.308 e. The van der Waals surface area contributed by atoms with Crippen LogP contribution in [-0.2, 0) is 11.2 Å². The minimum Gasteiger partial charge on any atom is -0.481 e. The van der Waals surface area contributed by atoms with Crippen molar-refractivity contribution in [3.8, 4) is 0 Å². The van der Waals surface area contributed by atoms with Gasteiger partial charge in [-0.2, -0.15) is 0 Å². The van der Waals surface area contributed by atoms with Crippen molar-refractivity contribution in [3.63, 3.8) is 0 Å². The van der Waals surface area contributed by atoms with E-state index < -0.39 is 10.9 Å². The third kappa shape index (κ3) is 2.55. The van der Waals surface area contributed by atoms with E-state index in [1.807, 2.05) is 0 Å². The molecule has 90 valence electrons. The van der Waals surface area contributed by atoms with E-state index in [-0.39, 0.29) is 17.7 Å². The van der Waals surface area contributed by atoms with E-state index in [1.165, 1.54) is 6.07 Å². The van der Waals surface area contributed by atoms with Gasteiger partial charge in [-0.05, 0) is 30.4 Å². The van der Waals surface area contributed by atoms with Gasteiger partial charge in [0, 0.05) is 11.6 Å². The topological polar surface area (TPSA) is 80.4 Å². The van der Waals surface area contributed by atoms with Gasteiger partial charge in [0.15, 0.2) is 0 Å². The summed E-state index contributed by atoms with van der Waals surface area (Å²) in [5.74, 6) is -0.756. The number of hydrogen-bond acceptors (Lipinski definition) is 3. The first kappa shape index (κ1) is 11.9. The molecule has 0 amide bonds. The van der Waals surface area contributed by atoms with Gasteiger partial charge in [-0.25, -0.2) is 0 Å². The lowest BCUT2D eigenvalue weighted by Gasteiger charge is -2.06. The number of carboxylic acid groups (broad SMARTS) is 1. The van der Waals surface area contributed by atoms with Gasteiger partial charge in [0.2, 0.25) is 0 Å². The molecule has 0 aromatic heterocycles. The van der Waals surface area contributed by atoms with E-state index in [0.717, 1.165) is 18.4 Å². The fourth-order valence-electron chi connectivity index (χ4n) is 1.81. The van der Waals surface area contributed by atoms with Crippen LogP contribution in [0.25, 0.3) is 0 Å². The Morgan fingerprint density at radius 2 is 2.18 bits per heavy atom. The van der Waals surface area contributed by atoms with Gasteiger partial charge >= 0.3 is 5.97 Å². The first-order valence-corrected chi connectivity index (χ1v) is 5.55. The SMILES string of the molecule is O=C(O)Cc1cc(C2CC2)c(Cl)cc1[N+](=O)[O-]. The monoisotopic (exact) mass is 255 g/mol. The van der Waals surface area contributed by atoms with Crippen LogP contribution in [0.4, 0.5) is 5.69 Å². The molecule has 1 N–H and O–H groups in total. The fraction of sp³-hybridized carbons (Fsp3) is 0.364. The maximum atomic E-state index is 10.8. The Morgan fingerprint density at radius 1 is 1.53 bits per heavy atom. The quantitative estimate of drug-likeness (QED) is 0.663. The molecule has 0 radical (unpaired) electrons.